The molecule has 0 saturated carbocycles. The minimum atomic E-state index is -1.16. The average Bonchev–Trinajstić information content (AvgIpc) is 2.78. The summed E-state index contributed by atoms with van der Waals surface area (Å²) in [6, 6.07) is 6.64. The fraction of sp³-hybridized carbons (Fsp3) is 0. The van der Waals surface area contributed by atoms with Gasteiger partial charge in [0.2, 0.25) is 0 Å². The molecular formula is C12H8BrNO5. The Kier molecular flexibility index (Phi) is 3.57. The molecule has 1 aromatic carbocycles. The Morgan fingerprint density at radius 2 is 1.95 bits per heavy atom. The van der Waals surface area contributed by atoms with Gasteiger partial charge in [0.25, 0.3) is 5.91 Å². The Balaban J connectivity index is 2.20. The Labute approximate surface area is 115 Å². The molecule has 0 atom stereocenters. The van der Waals surface area contributed by atoms with Gasteiger partial charge in [0, 0.05) is 0 Å². The molecule has 0 spiro atoms. The second kappa shape index (κ2) is 5.15. The van der Waals surface area contributed by atoms with Gasteiger partial charge in [0.15, 0.2) is 10.4 Å². The molecule has 0 radical (unpaired) electrons. The van der Waals surface area contributed by atoms with Crippen molar-refractivity contribution >= 4 is 33.5 Å². The number of carbonyl (C=O) groups excluding carboxylic acids is 1. The van der Waals surface area contributed by atoms with Gasteiger partial charge in [-0.2, -0.15) is 0 Å². The van der Waals surface area contributed by atoms with Crippen LogP contribution in [0.5, 0.6) is 5.75 Å². The molecule has 98 valence electrons. The normalized spacial score (nSPS) is 10.2. The van der Waals surface area contributed by atoms with E-state index in [-0.39, 0.29) is 22.8 Å². The molecule has 6 nitrogen and oxygen atoms in total. The summed E-state index contributed by atoms with van der Waals surface area (Å²) in [6.45, 7) is 0. The van der Waals surface area contributed by atoms with Crippen molar-refractivity contribution in [3.63, 3.8) is 0 Å². The summed E-state index contributed by atoms with van der Waals surface area (Å²) in [6.07, 6.45) is 0. The molecule has 7 heteroatoms. The van der Waals surface area contributed by atoms with Crippen LogP contribution in [0.4, 0.5) is 5.69 Å². The number of phenols is 1. The lowest BCUT2D eigenvalue weighted by molar-refractivity contribution is 0.0696. The first-order valence-corrected chi connectivity index (χ1v) is 5.89. The Hall–Kier alpha value is -2.28. The molecule has 19 heavy (non-hydrogen) atoms. The summed E-state index contributed by atoms with van der Waals surface area (Å²) >= 11 is 3.06. The van der Waals surface area contributed by atoms with Crippen molar-refractivity contribution in [3.05, 3.63) is 46.3 Å². The number of benzene rings is 1. The summed E-state index contributed by atoms with van der Waals surface area (Å²) in [5.41, 5.74) is 0.0266. The molecule has 0 aliphatic carbocycles. The third kappa shape index (κ3) is 2.94. The number of carboxylic acid groups (broad SMARTS) is 1. The largest absolute Gasteiger partial charge is 0.506 e. The zero-order valence-corrected chi connectivity index (χ0v) is 11.0. The number of amides is 1. The number of anilines is 1. The predicted molar refractivity (Wildman–Crippen MR) is 69.4 cm³/mol. The first-order chi connectivity index (χ1) is 8.97. The number of hydrogen-bond donors (Lipinski definition) is 3. The van der Waals surface area contributed by atoms with E-state index >= 15 is 0 Å². The highest BCUT2D eigenvalue weighted by atomic mass is 79.9. The van der Waals surface area contributed by atoms with Gasteiger partial charge < -0.3 is 19.9 Å². The Morgan fingerprint density at radius 3 is 2.47 bits per heavy atom. The lowest BCUT2D eigenvalue weighted by atomic mass is 10.2. The van der Waals surface area contributed by atoms with Crippen molar-refractivity contribution in [1.29, 1.82) is 0 Å². The van der Waals surface area contributed by atoms with E-state index in [2.05, 4.69) is 21.2 Å². The highest BCUT2D eigenvalue weighted by Crippen LogP contribution is 2.25. The lowest BCUT2D eigenvalue weighted by Crippen LogP contribution is -2.11. The third-order valence-electron chi connectivity index (χ3n) is 2.29. The van der Waals surface area contributed by atoms with Crippen LogP contribution in [0.3, 0.4) is 0 Å². The van der Waals surface area contributed by atoms with Gasteiger partial charge in [0.05, 0.1) is 11.3 Å². The first kappa shape index (κ1) is 13.2. The van der Waals surface area contributed by atoms with E-state index < -0.39 is 11.9 Å². The van der Waals surface area contributed by atoms with Gasteiger partial charge in [-0.3, -0.25) is 4.79 Å². The zero-order chi connectivity index (χ0) is 14.0. The molecule has 1 heterocycles. The molecule has 0 unspecified atom stereocenters. The third-order valence-corrected chi connectivity index (χ3v) is 2.72. The predicted octanol–water partition coefficient (Wildman–Crippen LogP) is 2.70. The minimum absolute atomic E-state index is 0.0635. The maximum Gasteiger partial charge on any atom is 0.335 e. The van der Waals surface area contributed by atoms with Gasteiger partial charge in [0.1, 0.15) is 5.75 Å². The fourth-order valence-electron chi connectivity index (χ4n) is 1.39. The second-order valence-corrected chi connectivity index (χ2v) is 4.38. The number of halogens is 1. The SMILES string of the molecule is O=C(O)c1ccc(NC(=O)c2ccc(Br)o2)c(O)c1. The number of hydrogen-bond acceptors (Lipinski definition) is 4. The molecule has 1 aromatic heterocycles. The number of furan rings is 1. The number of rotatable bonds is 3. The molecular weight excluding hydrogens is 318 g/mol. The van der Waals surface area contributed by atoms with Crippen LogP contribution in [0, 0.1) is 0 Å². The van der Waals surface area contributed by atoms with E-state index in [0.29, 0.717) is 4.67 Å². The molecule has 0 fully saturated rings. The molecule has 0 aliphatic heterocycles. The molecule has 2 aromatic rings. The van der Waals surface area contributed by atoms with Gasteiger partial charge in [-0.1, -0.05) is 0 Å². The topological polar surface area (TPSA) is 99.8 Å². The summed E-state index contributed by atoms with van der Waals surface area (Å²) < 4.78 is 5.45. The number of carbonyl (C=O) groups is 2. The van der Waals surface area contributed by atoms with Gasteiger partial charge in [-0.15, -0.1) is 0 Å². The smallest absolute Gasteiger partial charge is 0.335 e. The van der Waals surface area contributed by atoms with Crippen LogP contribution in [0.15, 0.2) is 39.4 Å². The highest BCUT2D eigenvalue weighted by Gasteiger charge is 2.14. The van der Waals surface area contributed by atoms with Crippen molar-refractivity contribution < 1.29 is 24.2 Å². The van der Waals surface area contributed by atoms with E-state index in [9.17, 15) is 14.7 Å². The van der Waals surface area contributed by atoms with Crippen LogP contribution < -0.4 is 5.32 Å². The highest BCUT2D eigenvalue weighted by molar-refractivity contribution is 9.10. The lowest BCUT2D eigenvalue weighted by Gasteiger charge is -2.06. The van der Waals surface area contributed by atoms with Gasteiger partial charge in [-0.25, -0.2) is 4.79 Å². The van der Waals surface area contributed by atoms with Gasteiger partial charge >= 0.3 is 5.97 Å². The van der Waals surface area contributed by atoms with Crippen molar-refractivity contribution in [2.75, 3.05) is 5.32 Å². The number of nitrogens with one attached hydrogen (secondary N) is 1. The van der Waals surface area contributed by atoms with Crippen molar-refractivity contribution in [1.82, 2.24) is 0 Å². The molecule has 1 amide bonds. The van der Waals surface area contributed by atoms with E-state index in [4.69, 9.17) is 9.52 Å². The summed E-state index contributed by atoms with van der Waals surface area (Å²) in [7, 11) is 0. The van der Waals surface area contributed by atoms with E-state index in [1.165, 1.54) is 18.2 Å². The number of aromatic carboxylic acids is 1. The Bertz CT molecular complexity index is 649. The van der Waals surface area contributed by atoms with Crippen LogP contribution >= 0.6 is 15.9 Å². The van der Waals surface area contributed by atoms with E-state index in [0.717, 1.165) is 6.07 Å². The maximum atomic E-state index is 11.7. The van der Waals surface area contributed by atoms with E-state index in [1.807, 2.05) is 0 Å². The number of phenolic OH excluding ortho intramolecular Hbond substituents is 1. The summed E-state index contributed by atoms with van der Waals surface area (Å²) in [5, 5.41) is 20.8. The summed E-state index contributed by atoms with van der Waals surface area (Å²) in [5.74, 6) is -1.99. The molecule has 3 N–H and O–H groups in total. The van der Waals surface area contributed by atoms with Crippen LogP contribution in [0.25, 0.3) is 0 Å². The monoisotopic (exact) mass is 325 g/mol. The van der Waals surface area contributed by atoms with Crippen LogP contribution in [-0.2, 0) is 0 Å². The van der Waals surface area contributed by atoms with Crippen molar-refractivity contribution in [2.24, 2.45) is 0 Å². The van der Waals surface area contributed by atoms with E-state index in [1.54, 1.807) is 6.07 Å². The van der Waals surface area contributed by atoms with Crippen molar-refractivity contribution in [2.45, 2.75) is 0 Å². The quantitative estimate of drug-likeness (QED) is 0.753. The molecule has 0 aliphatic rings. The summed E-state index contributed by atoms with van der Waals surface area (Å²) in [4.78, 5) is 22.4. The maximum absolute atomic E-state index is 11.7. The number of carboxylic acids is 1. The molecule has 2 rings (SSSR count). The second-order valence-electron chi connectivity index (χ2n) is 3.59. The minimum Gasteiger partial charge on any atom is -0.506 e. The van der Waals surface area contributed by atoms with Crippen LogP contribution in [0.2, 0.25) is 0 Å². The Morgan fingerprint density at radius 1 is 1.21 bits per heavy atom. The molecule has 0 saturated heterocycles. The fourth-order valence-corrected chi connectivity index (χ4v) is 1.70. The number of aromatic hydroxyl groups is 1. The van der Waals surface area contributed by atoms with Crippen LogP contribution in [0.1, 0.15) is 20.9 Å². The standard InChI is InChI=1S/C12H8BrNO5/c13-10-4-3-9(19-10)11(16)14-7-2-1-6(12(17)18)5-8(7)15/h1-5,15H,(H,14,16)(H,17,18). The average molecular weight is 326 g/mol. The zero-order valence-electron chi connectivity index (χ0n) is 9.38. The van der Waals surface area contributed by atoms with Crippen LogP contribution in [-0.4, -0.2) is 22.1 Å². The molecule has 0 bridgehead atoms. The van der Waals surface area contributed by atoms with Gasteiger partial charge in [-0.05, 0) is 46.3 Å². The first-order valence-electron chi connectivity index (χ1n) is 5.10. The van der Waals surface area contributed by atoms with Crippen molar-refractivity contribution in [3.8, 4) is 5.75 Å².